The van der Waals surface area contributed by atoms with Gasteiger partial charge in [0.15, 0.2) is 5.78 Å². The van der Waals surface area contributed by atoms with Crippen molar-refractivity contribution in [2.75, 3.05) is 13.6 Å². The van der Waals surface area contributed by atoms with E-state index in [-0.39, 0.29) is 5.78 Å². The number of Topliss-reactive ketones (excluding diaryl/α,β-unsaturated/α-hetero) is 1. The summed E-state index contributed by atoms with van der Waals surface area (Å²) in [5.41, 5.74) is 2.33. The van der Waals surface area contributed by atoms with Gasteiger partial charge in [-0.05, 0) is 25.2 Å². The number of aromatic nitrogens is 1. The summed E-state index contributed by atoms with van der Waals surface area (Å²) in [6.45, 7) is 0.975. The fourth-order valence-electron chi connectivity index (χ4n) is 2.35. The van der Waals surface area contributed by atoms with E-state index >= 15 is 0 Å². The third-order valence-corrected chi connectivity index (χ3v) is 3.35. The Morgan fingerprint density at radius 1 is 1.19 bits per heavy atom. The van der Waals surface area contributed by atoms with E-state index in [1.807, 2.05) is 54.4 Å². The highest BCUT2D eigenvalue weighted by Gasteiger charge is 2.15. The van der Waals surface area contributed by atoms with E-state index in [1.54, 1.807) is 12.5 Å². The molecule has 0 radical (unpaired) electrons. The third kappa shape index (κ3) is 3.01. The van der Waals surface area contributed by atoms with Gasteiger partial charge in [0.25, 0.3) is 0 Å². The van der Waals surface area contributed by atoms with Gasteiger partial charge in [-0.15, -0.1) is 0 Å². The molecule has 0 amide bonds. The lowest BCUT2D eigenvalue weighted by Crippen LogP contribution is -2.25. The Kier molecular flexibility index (Phi) is 3.79. The molecule has 0 spiro atoms. The van der Waals surface area contributed by atoms with Gasteiger partial charge >= 0.3 is 0 Å². The second-order valence-electron chi connectivity index (χ2n) is 5.06. The fraction of sp³-hybridized carbons (Fsp3) is 0.176. The monoisotopic (exact) mass is 280 g/mol. The van der Waals surface area contributed by atoms with E-state index in [0.717, 1.165) is 16.7 Å². The first kappa shape index (κ1) is 13.5. The average molecular weight is 280 g/mol. The zero-order valence-corrected chi connectivity index (χ0v) is 11.8. The van der Waals surface area contributed by atoms with Crippen molar-refractivity contribution in [2.45, 2.75) is 6.54 Å². The average Bonchev–Trinajstić information content (AvgIpc) is 2.92. The summed E-state index contributed by atoms with van der Waals surface area (Å²) < 4.78 is 5.42. The molecule has 0 aliphatic rings. The molecular formula is C17H16N2O2. The van der Waals surface area contributed by atoms with Crippen molar-refractivity contribution in [1.82, 2.24) is 9.88 Å². The zero-order chi connectivity index (χ0) is 14.7. The minimum absolute atomic E-state index is 0.0541. The molecule has 3 rings (SSSR count). The maximum Gasteiger partial charge on any atom is 0.180 e. The molecule has 0 aliphatic carbocycles. The van der Waals surface area contributed by atoms with Crippen LogP contribution in [0.15, 0.2) is 59.3 Å². The number of fused-ring (bicyclic) bond motifs is 1. The number of carbonyl (C=O) groups excluding carboxylic acids is 1. The highest BCUT2D eigenvalue weighted by atomic mass is 16.3. The van der Waals surface area contributed by atoms with Crippen LogP contribution in [0.2, 0.25) is 0 Å². The number of furan rings is 1. The molecule has 3 aromatic rings. The molecule has 1 aromatic carbocycles. The van der Waals surface area contributed by atoms with Gasteiger partial charge < -0.3 is 4.42 Å². The molecule has 0 unspecified atom stereocenters. The normalized spacial score (nSPS) is 11.1. The lowest BCUT2D eigenvalue weighted by molar-refractivity contribution is 0.0943. The molecule has 0 N–H and O–H groups in total. The molecule has 0 atom stereocenters. The van der Waals surface area contributed by atoms with Gasteiger partial charge in [-0.2, -0.15) is 0 Å². The van der Waals surface area contributed by atoms with Crippen LogP contribution in [0.3, 0.4) is 0 Å². The number of pyridine rings is 1. The van der Waals surface area contributed by atoms with E-state index in [2.05, 4.69) is 4.98 Å². The SMILES string of the molecule is CN(CC(=O)c1coc2ccccc12)Cc1ccccn1. The number of carbonyl (C=O) groups is 1. The summed E-state index contributed by atoms with van der Waals surface area (Å²) in [6.07, 6.45) is 3.30. The van der Waals surface area contributed by atoms with Gasteiger partial charge in [0.1, 0.15) is 11.8 Å². The molecule has 0 saturated carbocycles. The summed E-state index contributed by atoms with van der Waals surface area (Å²) in [5, 5.41) is 0.869. The van der Waals surface area contributed by atoms with Crippen LogP contribution in [0.1, 0.15) is 16.1 Å². The first-order valence-corrected chi connectivity index (χ1v) is 6.82. The van der Waals surface area contributed by atoms with Gasteiger partial charge in [0.05, 0.1) is 17.8 Å². The molecule has 0 saturated heterocycles. The predicted molar refractivity (Wildman–Crippen MR) is 81.1 cm³/mol. The van der Waals surface area contributed by atoms with Crippen LogP contribution in [0.25, 0.3) is 11.0 Å². The summed E-state index contributed by atoms with van der Waals surface area (Å²) in [4.78, 5) is 18.6. The first-order chi connectivity index (χ1) is 10.2. The summed E-state index contributed by atoms with van der Waals surface area (Å²) in [5.74, 6) is 0.0541. The molecular weight excluding hydrogens is 264 g/mol. The number of para-hydroxylation sites is 1. The van der Waals surface area contributed by atoms with E-state index < -0.39 is 0 Å². The number of hydrogen-bond acceptors (Lipinski definition) is 4. The number of hydrogen-bond donors (Lipinski definition) is 0. The van der Waals surface area contributed by atoms with Gasteiger partial charge in [0.2, 0.25) is 0 Å². The maximum atomic E-state index is 12.4. The van der Waals surface area contributed by atoms with Crippen LogP contribution in [0, 0.1) is 0 Å². The van der Waals surface area contributed by atoms with Crippen LogP contribution in [0.5, 0.6) is 0 Å². The Labute approximate surface area is 123 Å². The second-order valence-corrected chi connectivity index (χ2v) is 5.06. The Hall–Kier alpha value is -2.46. The van der Waals surface area contributed by atoms with E-state index in [4.69, 9.17) is 4.42 Å². The van der Waals surface area contributed by atoms with Crippen molar-refractivity contribution in [1.29, 1.82) is 0 Å². The van der Waals surface area contributed by atoms with Crippen LogP contribution in [0.4, 0.5) is 0 Å². The highest BCUT2D eigenvalue weighted by molar-refractivity contribution is 6.08. The third-order valence-electron chi connectivity index (χ3n) is 3.35. The summed E-state index contributed by atoms with van der Waals surface area (Å²) in [6, 6.07) is 13.4. The molecule has 2 aromatic heterocycles. The van der Waals surface area contributed by atoms with Crippen LogP contribution in [-0.2, 0) is 6.54 Å². The minimum atomic E-state index is 0.0541. The second kappa shape index (κ2) is 5.89. The Morgan fingerprint density at radius 2 is 2.00 bits per heavy atom. The first-order valence-electron chi connectivity index (χ1n) is 6.82. The molecule has 0 fully saturated rings. The number of benzene rings is 1. The highest BCUT2D eigenvalue weighted by Crippen LogP contribution is 2.21. The number of likely N-dealkylation sites (N-methyl/N-ethyl adjacent to an activating group) is 1. The Balaban J connectivity index is 1.71. The van der Waals surface area contributed by atoms with Gasteiger partial charge in [-0.1, -0.05) is 24.3 Å². The fourth-order valence-corrected chi connectivity index (χ4v) is 2.35. The smallest absolute Gasteiger partial charge is 0.180 e. The molecule has 0 aliphatic heterocycles. The summed E-state index contributed by atoms with van der Waals surface area (Å²) in [7, 11) is 1.91. The van der Waals surface area contributed by atoms with Crippen molar-refractivity contribution >= 4 is 16.8 Å². The maximum absolute atomic E-state index is 12.4. The van der Waals surface area contributed by atoms with Gasteiger partial charge in [-0.25, -0.2) is 0 Å². The van der Waals surface area contributed by atoms with Crippen molar-refractivity contribution < 1.29 is 9.21 Å². The molecule has 21 heavy (non-hydrogen) atoms. The molecule has 4 nitrogen and oxygen atoms in total. The Bertz CT molecular complexity index is 750. The predicted octanol–water partition coefficient (Wildman–Crippen LogP) is 3.14. The van der Waals surface area contributed by atoms with Crippen molar-refractivity contribution in [3.05, 3.63) is 66.2 Å². The van der Waals surface area contributed by atoms with Crippen molar-refractivity contribution in [2.24, 2.45) is 0 Å². The van der Waals surface area contributed by atoms with Crippen LogP contribution < -0.4 is 0 Å². The standard InChI is InChI=1S/C17H16N2O2/c1-19(10-13-6-4-5-9-18-13)11-16(20)15-12-21-17-8-3-2-7-14(15)17/h2-9,12H,10-11H2,1H3. The van der Waals surface area contributed by atoms with Gasteiger partial charge in [0, 0.05) is 18.1 Å². The van der Waals surface area contributed by atoms with E-state index in [1.165, 1.54) is 0 Å². The lowest BCUT2D eigenvalue weighted by atomic mass is 10.1. The topological polar surface area (TPSA) is 46.3 Å². The van der Waals surface area contributed by atoms with Crippen LogP contribution >= 0.6 is 0 Å². The summed E-state index contributed by atoms with van der Waals surface area (Å²) >= 11 is 0. The zero-order valence-electron chi connectivity index (χ0n) is 11.8. The molecule has 2 heterocycles. The van der Waals surface area contributed by atoms with E-state index in [0.29, 0.717) is 18.7 Å². The van der Waals surface area contributed by atoms with Gasteiger partial charge in [-0.3, -0.25) is 14.7 Å². The molecule has 4 heteroatoms. The van der Waals surface area contributed by atoms with Crippen LogP contribution in [-0.4, -0.2) is 29.3 Å². The lowest BCUT2D eigenvalue weighted by Gasteiger charge is -2.14. The molecule has 0 bridgehead atoms. The van der Waals surface area contributed by atoms with E-state index in [9.17, 15) is 4.79 Å². The quantitative estimate of drug-likeness (QED) is 0.674. The number of rotatable bonds is 5. The van der Waals surface area contributed by atoms with Crippen molar-refractivity contribution in [3.8, 4) is 0 Å². The number of nitrogens with zero attached hydrogens (tertiary/aromatic N) is 2. The molecule has 106 valence electrons. The number of ketones is 1. The Morgan fingerprint density at radius 3 is 2.81 bits per heavy atom. The minimum Gasteiger partial charge on any atom is -0.464 e. The largest absolute Gasteiger partial charge is 0.464 e. The van der Waals surface area contributed by atoms with Crippen molar-refractivity contribution in [3.63, 3.8) is 0 Å².